The molecule has 1 saturated heterocycles. The molecule has 3 heterocycles. The van der Waals surface area contributed by atoms with Crippen molar-refractivity contribution < 1.29 is 19.2 Å². The molecule has 9 heteroatoms. The number of nitrogens with zero attached hydrogens (tertiary/aromatic N) is 3. The fourth-order valence-electron chi connectivity index (χ4n) is 6.50. The van der Waals surface area contributed by atoms with E-state index in [2.05, 4.69) is 26.6 Å². The highest BCUT2D eigenvalue weighted by Crippen LogP contribution is 2.36. The van der Waals surface area contributed by atoms with Crippen molar-refractivity contribution in [3.63, 3.8) is 0 Å². The summed E-state index contributed by atoms with van der Waals surface area (Å²) in [6, 6.07) is 9.21. The van der Waals surface area contributed by atoms with Gasteiger partial charge in [0.15, 0.2) is 0 Å². The fraction of sp³-hybridized carbons (Fsp3) is 0.500. The third kappa shape index (κ3) is 5.07. The molecule has 6 rings (SSSR count). The van der Waals surface area contributed by atoms with Crippen LogP contribution in [0.2, 0.25) is 0 Å². The van der Waals surface area contributed by atoms with Crippen LogP contribution in [-0.2, 0) is 16.1 Å². The first-order chi connectivity index (χ1) is 19.0. The highest BCUT2D eigenvalue weighted by molar-refractivity contribution is 6.23. The van der Waals surface area contributed by atoms with Crippen LogP contribution in [0.15, 0.2) is 42.7 Å². The number of rotatable bonds is 8. The Morgan fingerprint density at radius 2 is 1.77 bits per heavy atom. The summed E-state index contributed by atoms with van der Waals surface area (Å²) < 4.78 is 0. The van der Waals surface area contributed by atoms with E-state index in [4.69, 9.17) is 0 Å². The van der Waals surface area contributed by atoms with Crippen molar-refractivity contribution in [2.45, 2.75) is 82.5 Å². The second kappa shape index (κ2) is 10.9. The monoisotopic (exact) mass is 529 g/mol. The third-order valence-electron chi connectivity index (χ3n) is 8.86. The fourth-order valence-corrected chi connectivity index (χ4v) is 6.50. The molecule has 3 atom stereocenters. The van der Waals surface area contributed by atoms with Crippen LogP contribution in [0.5, 0.6) is 0 Å². The van der Waals surface area contributed by atoms with Crippen molar-refractivity contribution in [2.24, 2.45) is 5.92 Å². The number of anilines is 1. The van der Waals surface area contributed by atoms with Crippen molar-refractivity contribution >= 4 is 29.3 Å². The Labute approximate surface area is 228 Å². The maximum absolute atomic E-state index is 13.5. The summed E-state index contributed by atoms with van der Waals surface area (Å²) in [6.45, 7) is 1.68. The van der Waals surface area contributed by atoms with E-state index in [1.165, 1.54) is 25.7 Å². The summed E-state index contributed by atoms with van der Waals surface area (Å²) in [5.74, 6) is -1.25. The molecule has 204 valence electrons. The first-order valence-electron chi connectivity index (χ1n) is 14.2. The number of fused-ring (bicyclic) bond motifs is 1. The number of amides is 4. The van der Waals surface area contributed by atoms with Crippen LogP contribution < -0.4 is 15.5 Å². The molecule has 3 fully saturated rings. The summed E-state index contributed by atoms with van der Waals surface area (Å²) in [6.07, 6.45) is 12.1. The summed E-state index contributed by atoms with van der Waals surface area (Å²) in [5, 5.41) is 6.06. The Hall–Kier alpha value is -3.59. The van der Waals surface area contributed by atoms with Gasteiger partial charge in [-0.25, -0.2) is 0 Å². The standard InChI is InChI=1S/C30H35N5O4/c36-27-13-12-26(28(37)33-27)35-29(38)22-11-10-21(15-23(22)30(35)39)34(18-19-5-3-6-19)25-9-2-1-8-24(25)32-17-20-7-4-14-31-16-20/h4,7,10-11,14-16,19,24-26,32H,1-3,5-6,8-9,12-13,17-18H2,(H,33,36,37)/t24-,25-,26?/m0/s1. The maximum atomic E-state index is 13.5. The number of aromatic nitrogens is 1. The number of hydrogen-bond acceptors (Lipinski definition) is 7. The zero-order valence-electron chi connectivity index (χ0n) is 22.1. The van der Waals surface area contributed by atoms with Gasteiger partial charge in [0, 0.05) is 49.7 Å². The van der Waals surface area contributed by atoms with E-state index in [1.54, 1.807) is 12.3 Å². The minimum Gasteiger partial charge on any atom is -0.367 e. The molecule has 39 heavy (non-hydrogen) atoms. The number of carbonyl (C=O) groups excluding carboxylic acids is 4. The molecule has 2 aliphatic heterocycles. The van der Waals surface area contributed by atoms with Crippen LogP contribution >= 0.6 is 0 Å². The van der Waals surface area contributed by atoms with E-state index in [9.17, 15) is 19.2 Å². The Bertz CT molecular complexity index is 1280. The lowest BCUT2D eigenvalue weighted by atomic mass is 9.82. The molecule has 0 radical (unpaired) electrons. The van der Waals surface area contributed by atoms with Gasteiger partial charge in [-0.05, 0) is 67.9 Å². The Kier molecular flexibility index (Phi) is 7.16. The number of benzene rings is 1. The quantitative estimate of drug-likeness (QED) is 0.505. The van der Waals surface area contributed by atoms with E-state index < -0.39 is 23.8 Å². The van der Waals surface area contributed by atoms with E-state index in [1.807, 2.05) is 24.4 Å². The average molecular weight is 530 g/mol. The van der Waals surface area contributed by atoms with Crippen molar-refractivity contribution in [2.75, 3.05) is 11.4 Å². The first-order valence-corrected chi connectivity index (χ1v) is 14.2. The number of hydrogen-bond donors (Lipinski definition) is 2. The predicted octanol–water partition coefficient (Wildman–Crippen LogP) is 3.19. The van der Waals surface area contributed by atoms with Gasteiger partial charge in [-0.2, -0.15) is 0 Å². The zero-order valence-corrected chi connectivity index (χ0v) is 22.1. The maximum Gasteiger partial charge on any atom is 0.262 e. The molecule has 1 aromatic carbocycles. The van der Waals surface area contributed by atoms with Gasteiger partial charge in [-0.15, -0.1) is 0 Å². The molecule has 4 amide bonds. The molecule has 2 saturated carbocycles. The Balaban J connectivity index is 1.27. The second-order valence-electron chi connectivity index (χ2n) is 11.3. The molecule has 0 bridgehead atoms. The average Bonchev–Trinajstić information content (AvgIpc) is 3.17. The SMILES string of the molecule is O=C1CCC(N2C(=O)c3ccc(N(CC4CCC4)[C@H]4CCCC[C@@H]4NCc4cccnc4)cc3C2=O)C(=O)N1. The molecule has 1 aromatic heterocycles. The molecular weight excluding hydrogens is 494 g/mol. The first kappa shape index (κ1) is 25.7. The van der Waals surface area contributed by atoms with Gasteiger partial charge in [0.05, 0.1) is 11.1 Å². The van der Waals surface area contributed by atoms with E-state index in [0.717, 1.165) is 48.5 Å². The topological polar surface area (TPSA) is 112 Å². The van der Waals surface area contributed by atoms with Gasteiger partial charge < -0.3 is 10.2 Å². The molecule has 2 N–H and O–H groups in total. The molecular formula is C30H35N5O4. The van der Waals surface area contributed by atoms with Crippen LogP contribution in [0.1, 0.15) is 84.1 Å². The number of nitrogens with one attached hydrogen (secondary N) is 2. The summed E-state index contributed by atoms with van der Waals surface area (Å²) >= 11 is 0. The Morgan fingerprint density at radius 1 is 0.949 bits per heavy atom. The van der Waals surface area contributed by atoms with Crippen LogP contribution in [0.3, 0.4) is 0 Å². The predicted molar refractivity (Wildman–Crippen MR) is 145 cm³/mol. The summed E-state index contributed by atoms with van der Waals surface area (Å²) in [4.78, 5) is 58.6. The summed E-state index contributed by atoms with van der Waals surface area (Å²) in [7, 11) is 0. The van der Waals surface area contributed by atoms with Crippen LogP contribution in [0.25, 0.3) is 0 Å². The van der Waals surface area contributed by atoms with Gasteiger partial charge in [0.2, 0.25) is 11.8 Å². The van der Waals surface area contributed by atoms with Crippen molar-refractivity contribution in [1.82, 2.24) is 20.5 Å². The highest BCUT2D eigenvalue weighted by atomic mass is 16.2. The van der Waals surface area contributed by atoms with Gasteiger partial charge in [0.25, 0.3) is 11.8 Å². The number of imide groups is 2. The lowest BCUT2D eigenvalue weighted by Crippen LogP contribution is -2.54. The lowest BCUT2D eigenvalue weighted by molar-refractivity contribution is -0.136. The van der Waals surface area contributed by atoms with E-state index in [-0.39, 0.29) is 24.8 Å². The normalized spacial score (nSPS) is 25.3. The molecule has 1 unspecified atom stereocenters. The molecule has 0 spiro atoms. The Morgan fingerprint density at radius 3 is 2.51 bits per heavy atom. The smallest absolute Gasteiger partial charge is 0.262 e. The van der Waals surface area contributed by atoms with Crippen molar-refractivity contribution in [1.29, 1.82) is 0 Å². The number of pyridine rings is 1. The number of piperidine rings is 1. The molecule has 2 aromatic rings. The molecule has 4 aliphatic rings. The van der Waals surface area contributed by atoms with Gasteiger partial charge in [0.1, 0.15) is 6.04 Å². The van der Waals surface area contributed by atoms with Crippen molar-refractivity contribution in [3.8, 4) is 0 Å². The van der Waals surface area contributed by atoms with Crippen LogP contribution in [0.4, 0.5) is 5.69 Å². The largest absolute Gasteiger partial charge is 0.367 e. The molecule has 9 nitrogen and oxygen atoms in total. The van der Waals surface area contributed by atoms with Gasteiger partial charge in [-0.1, -0.05) is 25.3 Å². The zero-order chi connectivity index (χ0) is 26.9. The van der Waals surface area contributed by atoms with Crippen molar-refractivity contribution in [3.05, 3.63) is 59.4 Å². The van der Waals surface area contributed by atoms with Crippen LogP contribution in [-0.4, -0.2) is 58.2 Å². The second-order valence-corrected chi connectivity index (χ2v) is 11.3. The minimum absolute atomic E-state index is 0.110. The lowest BCUT2D eigenvalue weighted by Gasteiger charge is -2.44. The van der Waals surface area contributed by atoms with Crippen LogP contribution in [0, 0.1) is 5.92 Å². The number of carbonyl (C=O) groups is 4. The third-order valence-corrected chi connectivity index (χ3v) is 8.86. The van der Waals surface area contributed by atoms with Gasteiger partial charge in [-0.3, -0.25) is 34.4 Å². The highest BCUT2D eigenvalue weighted by Gasteiger charge is 2.45. The van der Waals surface area contributed by atoms with E-state index in [0.29, 0.717) is 23.1 Å². The summed E-state index contributed by atoms with van der Waals surface area (Å²) in [5.41, 5.74) is 2.78. The molecule has 2 aliphatic carbocycles. The van der Waals surface area contributed by atoms with Gasteiger partial charge >= 0.3 is 0 Å². The minimum atomic E-state index is -0.955. The van der Waals surface area contributed by atoms with E-state index >= 15 is 0 Å².